The lowest BCUT2D eigenvalue weighted by Crippen LogP contribution is -2.61. The van der Waals surface area contributed by atoms with Gasteiger partial charge in [0, 0.05) is 51.9 Å². The number of hydrogen-bond donors (Lipinski definition) is 1. The first-order chi connectivity index (χ1) is 12.5. The predicted octanol–water partition coefficient (Wildman–Crippen LogP) is 1.61. The van der Waals surface area contributed by atoms with Gasteiger partial charge in [-0.2, -0.15) is 0 Å². The van der Waals surface area contributed by atoms with Crippen LogP contribution in [0.4, 0.5) is 0 Å². The molecule has 0 aromatic heterocycles. The number of carbonyl (C=O) groups is 1. The number of β-amino-alcohol motifs (C(OH)–C–C–N with tert-alkyl or cyclic N) is 1. The minimum atomic E-state index is -1.21. The van der Waals surface area contributed by atoms with E-state index in [2.05, 4.69) is 35.8 Å². The predicted molar refractivity (Wildman–Crippen MR) is 104 cm³/mol. The average molecular weight is 360 g/mol. The standard InChI is InChI=1S/C21H33N3O2/c1-18(2)23-15-13-22(14-16-23)17-21(26)10-6-11-24(20(21)25)12-9-19-7-4-3-5-8-19/h3-5,7-8,18,26H,6,9-17H2,1-2H3/t21-/m0/s1. The summed E-state index contributed by atoms with van der Waals surface area (Å²) in [6.45, 7) is 10.2. The second-order valence-electron chi connectivity index (χ2n) is 8.07. The minimum absolute atomic E-state index is 0.0778. The van der Waals surface area contributed by atoms with Gasteiger partial charge >= 0.3 is 0 Å². The Hall–Kier alpha value is -1.43. The molecule has 0 radical (unpaired) electrons. The SMILES string of the molecule is CC(C)N1CCN(C[C@@]2(O)CCCN(CCc3ccccc3)C2=O)CC1. The number of carbonyl (C=O) groups excluding carboxylic acids is 1. The number of piperidine rings is 1. The number of piperazine rings is 1. The highest BCUT2D eigenvalue weighted by Gasteiger charge is 2.43. The quantitative estimate of drug-likeness (QED) is 0.838. The van der Waals surface area contributed by atoms with Gasteiger partial charge in [0.15, 0.2) is 5.60 Å². The molecule has 1 N–H and O–H groups in total. The van der Waals surface area contributed by atoms with Crippen LogP contribution in [0.1, 0.15) is 32.3 Å². The van der Waals surface area contributed by atoms with Crippen LogP contribution in [0.5, 0.6) is 0 Å². The van der Waals surface area contributed by atoms with E-state index in [1.807, 2.05) is 23.1 Å². The highest BCUT2D eigenvalue weighted by molar-refractivity contribution is 5.86. The van der Waals surface area contributed by atoms with Crippen molar-refractivity contribution in [1.29, 1.82) is 0 Å². The van der Waals surface area contributed by atoms with Crippen LogP contribution in [-0.2, 0) is 11.2 Å². The maximum absolute atomic E-state index is 13.0. The second-order valence-corrected chi connectivity index (χ2v) is 8.07. The largest absolute Gasteiger partial charge is 0.379 e. The molecule has 2 aliphatic rings. The van der Waals surface area contributed by atoms with Gasteiger partial charge in [0.25, 0.3) is 5.91 Å². The highest BCUT2D eigenvalue weighted by Crippen LogP contribution is 2.25. The van der Waals surface area contributed by atoms with Crippen molar-refractivity contribution in [1.82, 2.24) is 14.7 Å². The third kappa shape index (κ3) is 4.64. The smallest absolute Gasteiger partial charge is 0.255 e. The van der Waals surface area contributed by atoms with E-state index in [0.717, 1.165) is 45.6 Å². The third-order valence-corrected chi connectivity index (χ3v) is 5.84. The van der Waals surface area contributed by atoms with Crippen LogP contribution in [0.15, 0.2) is 30.3 Å². The van der Waals surface area contributed by atoms with Gasteiger partial charge in [-0.15, -0.1) is 0 Å². The van der Waals surface area contributed by atoms with Crippen LogP contribution in [0.3, 0.4) is 0 Å². The molecule has 5 nitrogen and oxygen atoms in total. The van der Waals surface area contributed by atoms with E-state index < -0.39 is 5.60 Å². The van der Waals surface area contributed by atoms with Crippen LogP contribution in [0.25, 0.3) is 0 Å². The summed E-state index contributed by atoms with van der Waals surface area (Å²) in [6.07, 6.45) is 2.30. The normalized spacial score (nSPS) is 25.8. The summed E-state index contributed by atoms with van der Waals surface area (Å²) in [6, 6.07) is 10.8. The fourth-order valence-corrected chi connectivity index (χ4v) is 4.14. The molecule has 3 rings (SSSR count). The summed E-state index contributed by atoms with van der Waals surface area (Å²) >= 11 is 0. The Morgan fingerprint density at radius 2 is 1.77 bits per heavy atom. The van der Waals surface area contributed by atoms with E-state index >= 15 is 0 Å². The Kier molecular flexibility index (Phi) is 6.33. The molecule has 0 unspecified atom stereocenters. The first-order valence-electron chi connectivity index (χ1n) is 10.00. The molecule has 144 valence electrons. The number of nitrogens with zero attached hydrogens (tertiary/aromatic N) is 3. The molecule has 0 saturated carbocycles. The van der Waals surface area contributed by atoms with Gasteiger partial charge in [-0.05, 0) is 38.7 Å². The van der Waals surface area contributed by atoms with Gasteiger partial charge in [-0.25, -0.2) is 0 Å². The van der Waals surface area contributed by atoms with E-state index in [-0.39, 0.29) is 5.91 Å². The van der Waals surface area contributed by atoms with Gasteiger partial charge in [0.2, 0.25) is 0 Å². The molecule has 26 heavy (non-hydrogen) atoms. The lowest BCUT2D eigenvalue weighted by molar-refractivity contribution is -0.160. The Morgan fingerprint density at radius 3 is 2.42 bits per heavy atom. The summed E-state index contributed by atoms with van der Waals surface area (Å²) in [5, 5.41) is 11.1. The van der Waals surface area contributed by atoms with Crippen LogP contribution in [-0.4, -0.2) is 83.2 Å². The summed E-state index contributed by atoms with van der Waals surface area (Å²) in [5.74, 6) is -0.0778. The van der Waals surface area contributed by atoms with Gasteiger partial charge in [-0.1, -0.05) is 30.3 Å². The molecule has 0 bridgehead atoms. The van der Waals surface area contributed by atoms with Crippen molar-refractivity contribution >= 4 is 5.91 Å². The number of benzene rings is 1. The van der Waals surface area contributed by atoms with E-state index in [9.17, 15) is 9.90 Å². The first kappa shape index (κ1) is 19.3. The molecule has 1 aromatic carbocycles. The van der Waals surface area contributed by atoms with Crippen molar-refractivity contribution < 1.29 is 9.90 Å². The molecule has 0 spiro atoms. The Morgan fingerprint density at radius 1 is 1.08 bits per heavy atom. The van der Waals surface area contributed by atoms with E-state index in [1.165, 1.54) is 5.56 Å². The van der Waals surface area contributed by atoms with E-state index in [0.29, 0.717) is 25.6 Å². The molecule has 1 aromatic rings. The molecule has 5 heteroatoms. The maximum Gasteiger partial charge on any atom is 0.255 e. The highest BCUT2D eigenvalue weighted by atomic mass is 16.3. The zero-order chi connectivity index (χ0) is 18.6. The summed E-state index contributed by atoms with van der Waals surface area (Å²) in [4.78, 5) is 19.5. The van der Waals surface area contributed by atoms with Crippen LogP contribution >= 0.6 is 0 Å². The minimum Gasteiger partial charge on any atom is -0.379 e. The van der Waals surface area contributed by atoms with Crippen LogP contribution < -0.4 is 0 Å². The third-order valence-electron chi connectivity index (χ3n) is 5.84. The zero-order valence-electron chi connectivity index (χ0n) is 16.2. The molecule has 1 atom stereocenters. The van der Waals surface area contributed by atoms with Crippen molar-refractivity contribution in [3.63, 3.8) is 0 Å². The lowest BCUT2D eigenvalue weighted by atomic mass is 9.90. The summed E-state index contributed by atoms with van der Waals surface area (Å²) < 4.78 is 0. The molecule has 2 saturated heterocycles. The summed E-state index contributed by atoms with van der Waals surface area (Å²) in [5.41, 5.74) is 0.0220. The molecule has 2 fully saturated rings. The number of aliphatic hydroxyl groups is 1. The zero-order valence-corrected chi connectivity index (χ0v) is 16.2. The van der Waals surface area contributed by atoms with Crippen LogP contribution in [0, 0.1) is 0 Å². The van der Waals surface area contributed by atoms with E-state index in [1.54, 1.807) is 0 Å². The number of rotatable bonds is 6. The molecular weight excluding hydrogens is 326 g/mol. The van der Waals surface area contributed by atoms with Gasteiger partial charge < -0.3 is 10.0 Å². The molecular formula is C21H33N3O2. The van der Waals surface area contributed by atoms with E-state index in [4.69, 9.17) is 0 Å². The van der Waals surface area contributed by atoms with Crippen molar-refractivity contribution in [2.24, 2.45) is 0 Å². The molecule has 0 aliphatic carbocycles. The Labute approximate surface area is 157 Å². The number of hydrogen-bond acceptors (Lipinski definition) is 4. The van der Waals surface area contributed by atoms with Crippen molar-refractivity contribution in [3.8, 4) is 0 Å². The molecule has 2 aliphatic heterocycles. The number of likely N-dealkylation sites (tertiary alicyclic amines) is 1. The average Bonchev–Trinajstić information content (AvgIpc) is 2.64. The lowest BCUT2D eigenvalue weighted by Gasteiger charge is -2.43. The van der Waals surface area contributed by atoms with Crippen molar-refractivity contribution in [3.05, 3.63) is 35.9 Å². The second kappa shape index (κ2) is 8.51. The Balaban J connectivity index is 1.54. The molecule has 1 amide bonds. The van der Waals surface area contributed by atoms with Crippen LogP contribution in [0.2, 0.25) is 0 Å². The van der Waals surface area contributed by atoms with Gasteiger partial charge in [0.1, 0.15) is 0 Å². The number of amides is 1. The first-order valence-corrected chi connectivity index (χ1v) is 10.00. The topological polar surface area (TPSA) is 47.0 Å². The maximum atomic E-state index is 13.0. The molecule has 2 heterocycles. The van der Waals surface area contributed by atoms with Gasteiger partial charge in [-0.3, -0.25) is 14.6 Å². The summed E-state index contributed by atoms with van der Waals surface area (Å²) in [7, 11) is 0. The van der Waals surface area contributed by atoms with Crippen molar-refractivity contribution in [2.75, 3.05) is 45.8 Å². The fourth-order valence-electron chi connectivity index (χ4n) is 4.14. The fraction of sp³-hybridized carbons (Fsp3) is 0.667. The Bertz CT molecular complexity index is 584. The monoisotopic (exact) mass is 359 g/mol. The van der Waals surface area contributed by atoms with Gasteiger partial charge in [0.05, 0.1) is 0 Å². The van der Waals surface area contributed by atoms with Crippen molar-refractivity contribution in [2.45, 2.75) is 44.8 Å².